The largest absolute Gasteiger partial charge is 0.466 e. The van der Waals surface area contributed by atoms with Gasteiger partial charge in [-0.15, -0.1) is 0 Å². The first-order valence-corrected chi connectivity index (χ1v) is 7.75. The van der Waals surface area contributed by atoms with Gasteiger partial charge in [0.1, 0.15) is 0 Å². The van der Waals surface area contributed by atoms with E-state index in [0.717, 1.165) is 11.1 Å². The number of benzene rings is 1. The van der Waals surface area contributed by atoms with Crippen LogP contribution in [0.4, 0.5) is 0 Å². The molecule has 0 aliphatic carbocycles. The summed E-state index contributed by atoms with van der Waals surface area (Å²) in [7, 11) is 0. The Morgan fingerprint density at radius 2 is 1.85 bits per heavy atom. The van der Waals surface area contributed by atoms with E-state index in [-0.39, 0.29) is 18.4 Å². The number of halogens is 1. The van der Waals surface area contributed by atoms with Crippen LogP contribution in [-0.2, 0) is 26.0 Å². The smallest absolute Gasteiger partial charge is 0.338 e. The maximum absolute atomic E-state index is 12.0. The summed E-state index contributed by atoms with van der Waals surface area (Å²) < 4.78 is 9.95. The average Bonchev–Trinajstić information content (AvgIpc) is 2.45. The van der Waals surface area contributed by atoms with Crippen LogP contribution in [0.25, 0.3) is 0 Å². The monoisotopic (exact) mass is 342 g/mol. The van der Waals surface area contributed by atoms with Gasteiger partial charge in [0, 0.05) is 11.8 Å². The fourth-order valence-electron chi connectivity index (χ4n) is 1.79. The Hall–Kier alpha value is -1.36. The van der Waals surface area contributed by atoms with E-state index >= 15 is 0 Å². The van der Waals surface area contributed by atoms with Crippen molar-refractivity contribution >= 4 is 27.9 Å². The van der Waals surface area contributed by atoms with E-state index < -0.39 is 0 Å². The molecule has 1 rings (SSSR count). The van der Waals surface area contributed by atoms with Crippen LogP contribution in [0.1, 0.15) is 41.8 Å². The maximum atomic E-state index is 12.0. The molecule has 0 aliphatic heterocycles. The SMILES string of the molecule is CCOC(=O)CCc1ccc(CBr)cc1C(=O)OCC. The molecule has 5 heteroatoms. The molecule has 4 nitrogen and oxygen atoms in total. The molecular formula is C15H19BrO4. The van der Waals surface area contributed by atoms with Gasteiger partial charge in [-0.2, -0.15) is 0 Å². The third-order valence-corrected chi connectivity index (χ3v) is 3.38. The summed E-state index contributed by atoms with van der Waals surface area (Å²) in [4.78, 5) is 23.4. The fraction of sp³-hybridized carbons (Fsp3) is 0.467. The van der Waals surface area contributed by atoms with Gasteiger partial charge >= 0.3 is 11.9 Å². The van der Waals surface area contributed by atoms with Gasteiger partial charge in [0.2, 0.25) is 0 Å². The maximum Gasteiger partial charge on any atom is 0.338 e. The number of ether oxygens (including phenoxy) is 2. The first-order chi connectivity index (χ1) is 9.62. The lowest BCUT2D eigenvalue weighted by atomic mass is 10.0. The second kappa shape index (κ2) is 8.74. The Labute approximate surface area is 127 Å². The number of aryl methyl sites for hydroxylation is 1. The van der Waals surface area contributed by atoms with Gasteiger partial charge < -0.3 is 9.47 Å². The third-order valence-electron chi connectivity index (χ3n) is 2.73. The Bertz CT molecular complexity index is 471. The minimum Gasteiger partial charge on any atom is -0.466 e. The molecule has 110 valence electrons. The summed E-state index contributed by atoms with van der Waals surface area (Å²) >= 11 is 3.36. The highest BCUT2D eigenvalue weighted by Crippen LogP contribution is 2.17. The first-order valence-electron chi connectivity index (χ1n) is 6.62. The first kappa shape index (κ1) is 16.7. The van der Waals surface area contributed by atoms with Gasteiger partial charge in [0.15, 0.2) is 0 Å². The normalized spacial score (nSPS) is 10.2. The zero-order chi connectivity index (χ0) is 15.0. The van der Waals surface area contributed by atoms with Crippen LogP contribution in [0.5, 0.6) is 0 Å². The average molecular weight is 343 g/mol. The van der Waals surface area contributed by atoms with Crippen LogP contribution in [0, 0.1) is 0 Å². The van der Waals surface area contributed by atoms with Gasteiger partial charge in [-0.1, -0.05) is 28.1 Å². The van der Waals surface area contributed by atoms with Crippen molar-refractivity contribution in [2.24, 2.45) is 0 Å². The van der Waals surface area contributed by atoms with Crippen molar-refractivity contribution in [2.75, 3.05) is 13.2 Å². The Morgan fingerprint density at radius 1 is 1.15 bits per heavy atom. The van der Waals surface area contributed by atoms with Gasteiger partial charge in [0.05, 0.1) is 18.8 Å². The number of hydrogen-bond donors (Lipinski definition) is 0. The van der Waals surface area contributed by atoms with Crippen LogP contribution in [-0.4, -0.2) is 25.2 Å². The molecule has 20 heavy (non-hydrogen) atoms. The molecule has 0 saturated heterocycles. The second-order valence-corrected chi connectivity index (χ2v) is 4.71. The molecule has 0 atom stereocenters. The summed E-state index contributed by atoms with van der Waals surface area (Å²) in [6.07, 6.45) is 0.726. The van der Waals surface area contributed by atoms with Crippen LogP contribution in [0.2, 0.25) is 0 Å². The van der Waals surface area contributed by atoms with Crippen molar-refractivity contribution in [3.05, 3.63) is 34.9 Å². The zero-order valence-electron chi connectivity index (χ0n) is 11.8. The summed E-state index contributed by atoms with van der Waals surface area (Å²) in [5, 5.41) is 0.664. The van der Waals surface area contributed by atoms with E-state index in [1.54, 1.807) is 19.9 Å². The van der Waals surface area contributed by atoms with Crippen molar-refractivity contribution < 1.29 is 19.1 Å². The van der Waals surface area contributed by atoms with Crippen molar-refractivity contribution in [3.8, 4) is 0 Å². The number of esters is 2. The minimum absolute atomic E-state index is 0.258. The van der Waals surface area contributed by atoms with Gasteiger partial charge in [-0.05, 0) is 37.5 Å². The number of alkyl halides is 1. The second-order valence-electron chi connectivity index (χ2n) is 4.15. The third kappa shape index (κ3) is 4.96. The van der Waals surface area contributed by atoms with Crippen molar-refractivity contribution in [1.29, 1.82) is 0 Å². The molecule has 0 fully saturated rings. The Balaban J connectivity index is 2.88. The van der Waals surface area contributed by atoms with Gasteiger partial charge in [0.25, 0.3) is 0 Å². The molecule has 0 radical (unpaired) electrons. The lowest BCUT2D eigenvalue weighted by molar-refractivity contribution is -0.143. The molecule has 1 aromatic carbocycles. The zero-order valence-corrected chi connectivity index (χ0v) is 13.4. The highest BCUT2D eigenvalue weighted by Gasteiger charge is 2.14. The Morgan fingerprint density at radius 3 is 2.45 bits per heavy atom. The predicted octanol–water partition coefficient (Wildman–Crippen LogP) is 3.25. The molecule has 0 N–H and O–H groups in total. The fourth-order valence-corrected chi connectivity index (χ4v) is 2.14. The van der Waals surface area contributed by atoms with E-state index in [0.29, 0.717) is 30.5 Å². The molecule has 0 saturated carbocycles. The molecular weight excluding hydrogens is 324 g/mol. The number of hydrogen-bond acceptors (Lipinski definition) is 4. The van der Waals surface area contributed by atoms with Crippen molar-refractivity contribution in [2.45, 2.75) is 32.0 Å². The lowest BCUT2D eigenvalue weighted by Gasteiger charge is -2.10. The van der Waals surface area contributed by atoms with Crippen LogP contribution in [0.15, 0.2) is 18.2 Å². The summed E-state index contributed by atoms with van der Waals surface area (Å²) in [6, 6.07) is 5.59. The van der Waals surface area contributed by atoms with E-state index in [9.17, 15) is 9.59 Å². The van der Waals surface area contributed by atoms with E-state index in [1.807, 2.05) is 12.1 Å². The summed E-state index contributed by atoms with van der Waals surface area (Å²) in [6.45, 7) is 4.23. The lowest BCUT2D eigenvalue weighted by Crippen LogP contribution is -2.11. The van der Waals surface area contributed by atoms with E-state index in [1.165, 1.54) is 0 Å². The molecule has 0 bridgehead atoms. The van der Waals surface area contributed by atoms with Gasteiger partial charge in [-0.3, -0.25) is 4.79 Å². The molecule has 0 aromatic heterocycles. The van der Waals surface area contributed by atoms with Crippen molar-refractivity contribution in [1.82, 2.24) is 0 Å². The molecule has 0 heterocycles. The predicted molar refractivity (Wildman–Crippen MR) is 80.0 cm³/mol. The molecule has 1 aromatic rings. The number of carbonyl (C=O) groups is 2. The molecule has 0 spiro atoms. The van der Waals surface area contributed by atoms with E-state index in [2.05, 4.69) is 15.9 Å². The molecule has 0 unspecified atom stereocenters. The standard InChI is InChI=1S/C15H19BrO4/c1-3-19-14(17)8-7-12-6-5-11(10-16)9-13(12)15(18)20-4-2/h5-6,9H,3-4,7-8,10H2,1-2H3. The summed E-state index contributed by atoms with van der Waals surface area (Å²) in [5.41, 5.74) is 2.32. The van der Waals surface area contributed by atoms with Crippen LogP contribution < -0.4 is 0 Å². The van der Waals surface area contributed by atoms with Crippen LogP contribution >= 0.6 is 15.9 Å². The minimum atomic E-state index is -0.353. The summed E-state index contributed by atoms with van der Waals surface area (Å²) in [5.74, 6) is -0.610. The van der Waals surface area contributed by atoms with Crippen LogP contribution in [0.3, 0.4) is 0 Å². The molecule has 0 amide bonds. The number of carbonyl (C=O) groups excluding carboxylic acids is 2. The van der Waals surface area contributed by atoms with Gasteiger partial charge in [-0.25, -0.2) is 4.79 Å². The van der Waals surface area contributed by atoms with Crippen molar-refractivity contribution in [3.63, 3.8) is 0 Å². The van der Waals surface area contributed by atoms with E-state index in [4.69, 9.17) is 9.47 Å². The number of rotatable bonds is 7. The highest BCUT2D eigenvalue weighted by molar-refractivity contribution is 9.08. The Kier molecular flexibility index (Phi) is 7.30. The quantitative estimate of drug-likeness (QED) is 0.563. The topological polar surface area (TPSA) is 52.6 Å². The highest BCUT2D eigenvalue weighted by atomic mass is 79.9. The molecule has 0 aliphatic rings.